The number of ether oxygens (including phenoxy) is 2. The normalized spacial score (nSPS) is 16.3. The number of likely N-dealkylation sites (N-methyl/N-ethyl adjacent to an activating group) is 2. The molecule has 0 N–H and O–H groups in total. The quantitative estimate of drug-likeness (QED) is 0.175. The molecule has 2 atom stereocenters. The summed E-state index contributed by atoms with van der Waals surface area (Å²) in [7, 11) is 3.94. The number of aliphatic imine (C=N–C) groups is 2. The molecule has 12 nitrogen and oxygen atoms in total. The number of nitrogens with zero attached hydrogens (tertiary/aromatic N) is 6. The summed E-state index contributed by atoms with van der Waals surface area (Å²) in [6.45, 7) is 2.51. The fourth-order valence-corrected chi connectivity index (χ4v) is 6.47. The van der Waals surface area contributed by atoms with Crippen LogP contribution in [0.1, 0.15) is 11.1 Å². The number of aromatic nitrogens is 2. The van der Waals surface area contributed by atoms with Crippen LogP contribution in [0.4, 0.5) is 11.6 Å². The van der Waals surface area contributed by atoms with E-state index in [1.807, 2.05) is 109 Å². The molecule has 0 aliphatic carbocycles. The van der Waals surface area contributed by atoms with E-state index < -0.39 is 21.0 Å². The Morgan fingerprint density at radius 2 is 1.02 bits per heavy atom. The van der Waals surface area contributed by atoms with Crippen LogP contribution in [0.5, 0.6) is 11.5 Å². The number of anilines is 2. The number of thioether (sulfide) groups is 2. The first-order valence-electron chi connectivity index (χ1n) is 15.8. The van der Waals surface area contributed by atoms with Gasteiger partial charge in [-0.1, -0.05) is 36.4 Å². The van der Waals surface area contributed by atoms with Crippen molar-refractivity contribution < 1.29 is 29.3 Å². The fourth-order valence-electron chi connectivity index (χ4n) is 4.84. The van der Waals surface area contributed by atoms with E-state index in [1.165, 1.54) is 0 Å². The maximum Gasteiger partial charge on any atom is 2.00 e. The summed E-state index contributed by atoms with van der Waals surface area (Å²) < 4.78 is 11.5. The number of benzene rings is 2. The van der Waals surface area contributed by atoms with Crippen LogP contribution in [0, 0.1) is 0 Å². The molecule has 51 heavy (non-hydrogen) atoms. The summed E-state index contributed by atoms with van der Waals surface area (Å²) in [4.78, 5) is 42.5. The average Bonchev–Trinajstić information content (AvgIpc) is 3.63. The largest absolute Gasteiger partial charge is 2.00 e. The van der Waals surface area contributed by atoms with Gasteiger partial charge in [0.25, 0.3) is 11.8 Å². The summed E-state index contributed by atoms with van der Waals surface area (Å²) in [5.41, 5.74) is 1.96. The molecule has 2 aliphatic heterocycles. The molecular weight excluding hydrogens is 701 g/mol. The van der Waals surface area contributed by atoms with Crippen molar-refractivity contribution in [2.24, 2.45) is 9.98 Å². The van der Waals surface area contributed by atoms with Crippen LogP contribution < -0.4 is 29.5 Å². The zero-order valence-electron chi connectivity index (χ0n) is 28.3. The van der Waals surface area contributed by atoms with Crippen LogP contribution >= 0.6 is 23.5 Å². The Hall–Kier alpha value is -4.31. The second-order valence-corrected chi connectivity index (χ2v) is 13.6. The molecule has 0 fully saturated rings. The Morgan fingerprint density at radius 3 is 1.33 bits per heavy atom. The molecule has 2 aromatic carbocycles. The van der Waals surface area contributed by atoms with Crippen LogP contribution in [-0.2, 0) is 22.4 Å². The Balaban J connectivity index is 0.000000224. The monoisotopic (exact) mass is 736 g/mol. The number of hydrogen-bond acceptors (Lipinski definition) is 12. The van der Waals surface area contributed by atoms with Crippen LogP contribution in [0.15, 0.2) is 107 Å². The van der Waals surface area contributed by atoms with Crippen molar-refractivity contribution >= 4 is 80.5 Å². The molecule has 0 bridgehead atoms. The number of carbonyl (C=O) groups excluding carboxylic acids is 2. The van der Waals surface area contributed by atoms with Crippen LogP contribution in [-0.4, -0.2) is 106 Å². The first-order valence-corrected chi connectivity index (χ1v) is 17.6. The SMILES string of the molecule is CN(CCOc1ccc(CC2SC([O-])=NC2=O)cc1)c1ccccn1.CN(CCOc1ccc(CC2SC([O-])=NC2=O)cc1)c1ccccn1.[Mg+2]. The minimum absolute atomic E-state index is 0. The van der Waals surface area contributed by atoms with Gasteiger partial charge in [-0.3, -0.25) is 9.59 Å². The minimum atomic E-state index is -0.397. The van der Waals surface area contributed by atoms with Crippen molar-refractivity contribution in [3.05, 3.63) is 108 Å². The standard InChI is InChI=1S/2C18H19N3O3S.Mg/c2*1-21(16-4-2-3-9-19-16)10-11-24-14-7-5-13(6-8-14)12-15-17(22)20-18(23)25-15;/h2*2-9,15H,10-12H2,1H3,(H,20,22,23);/q;;+2/p-2. The van der Waals surface area contributed by atoms with Crippen molar-refractivity contribution in [1.82, 2.24) is 9.97 Å². The third-order valence-corrected chi connectivity index (χ3v) is 9.49. The van der Waals surface area contributed by atoms with E-state index in [0.717, 1.165) is 70.9 Å². The zero-order valence-corrected chi connectivity index (χ0v) is 31.3. The molecule has 15 heteroatoms. The Bertz CT molecular complexity index is 1640. The number of rotatable bonds is 14. The van der Waals surface area contributed by atoms with Gasteiger partial charge in [0, 0.05) is 36.9 Å². The predicted octanol–water partition coefficient (Wildman–Crippen LogP) is 2.61. The van der Waals surface area contributed by atoms with Crippen molar-refractivity contribution in [3.63, 3.8) is 0 Å². The van der Waals surface area contributed by atoms with Crippen molar-refractivity contribution in [2.75, 3.05) is 50.2 Å². The van der Waals surface area contributed by atoms with E-state index in [9.17, 15) is 19.8 Å². The van der Waals surface area contributed by atoms with E-state index in [1.54, 1.807) is 12.4 Å². The van der Waals surface area contributed by atoms with Gasteiger partial charge < -0.3 is 29.5 Å². The molecule has 0 radical (unpaired) electrons. The second kappa shape index (κ2) is 19.9. The minimum Gasteiger partial charge on any atom is -0.854 e. The van der Waals surface area contributed by atoms with Crippen LogP contribution in [0.25, 0.3) is 0 Å². The molecule has 2 aliphatic rings. The van der Waals surface area contributed by atoms with Gasteiger partial charge in [-0.25, -0.2) is 20.0 Å². The molecule has 0 saturated heterocycles. The molecule has 2 unspecified atom stereocenters. The summed E-state index contributed by atoms with van der Waals surface area (Å²) in [5, 5.41) is 20.7. The molecule has 2 aromatic heterocycles. The molecule has 2 amide bonds. The van der Waals surface area contributed by atoms with E-state index >= 15 is 0 Å². The van der Waals surface area contributed by atoms with E-state index in [2.05, 4.69) is 20.0 Å². The van der Waals surface area contributed by atoms with Gasteiger partial charge in [0.1, 0.15) is 36.3 Å². The number of amides is 2. The molecule has 4 aromatic rings. The predicted molar refractivity (Wildman–Crippen MR) is 200 cm³/mol. The van der Waals surface area contributed by atoms with E-state index in [4.69, 9.17) is 9.47 Å². The van der Waals surface area contributed by atoms with Crippen molar-refractivity contribution in [3.8, 4) is 11.5 Å². The van der Waals surface area contributed by atoms with Gasteiger partial charge >= 0.3 is 23.1 Å². The molecule has 6 rings (SSSR count). The summed E-state index contributed by atoms with van der Waals surface area (Å²) >= 11 is 1.98. The molecule has 0 saturated carbocycles. The Labute approximate surface area is 321 Å². The molecule has 0 spiro atoms. The number of carbonyl (C=O) groups is 2. The maximum absolute atomic E-state index is 11.5. The van der Waals surface area contributed by atoms with E-state index in [-0.39, 0.29) is 34.9 Å². The Morgan fingerprint density at radius 1 is 0.627 bits per heavy atom. The number of pyridine rings is 2. The van der Waals surface area contributed by atoms with E-state index in [0.29, 0.717) is 26.1 Å². The van der Waals surface area contributed by atoms with Crippen LogP contribution in [0.2, 0.25) is 0 Å². The van der Waals surface area contributed by atoms with Crippen molar-refractivity contribution in [1.29, 1.82) is 0 Å². The summed E-state index contributed by atoms with van der Waals surface area (Å²) in [6.07, 6.45) is 4.53. The second-order valence-electron chi connectivity index (χ2n) is 11.3. The maximum atomic E-state index is 11.5. The topological polar surface area (TPSA) is 156 Å². The van der Waals surface area contributed by atoms with Gasteiger partial charge in [0.2, 0.25) is 0 Å². The summed E-state index contributed by atoms with van der Waals surface area (Å²) in [5.74, 6) is 2.66. The van der Waals surface area contributed by atoms with Crippen LogP contribution in [0.3, 0.4) is 0 Å². The van der Waals surface area contributed by atoms with Gasteiger partial charge in [0.05, 0.1) is 23.6 Å². The molecule has 260 valence electrons. The first kappa shape index (κ1) is 39.5. The molecule has 4 heterocycles. The van der Waals surface area contributed by atoms with Gasteiger partial charge in [-0.15, -0.1) is 23.5 Å². The van der Waals surface area contributed by atoms with Gasteiger partial charge in [-0.2, -0.15) is 0 Å². The zero-order chi connectivity index (χ0) is 35.3. The van der Waals surface area contributed by atoms with Gasteiger partial charge in [-0.05, 0) is 72.5 Å². The first-order chi connectivity index (χ1) is 24.2. The fraction of sp³-hybridized carbons (Fsp3) is 0.278. The average molecular weight is 737 g/mol. The third-order valence-electron chi connectivity index (χ3n) is 7.60. The Kier molecular flexibility index (Phi) is 15.4. The molecular formula is C36H36MgN6O6S2. The third kappa shape index (κ3) is 12.4. The smallest absolute Gasteiger partial charge is 0.854 e. The van der Waals surface area contributed by atoms with Crippen molar-refractivity contribution in [2.45, 2.75) is 23.3 Å². The van der Waals surface area contributed by atoms with Gasteiger partial charge in [0.15, 0.2) is 0 Å². The number of hydrogen-bond donors (Lipinski definition) is 0. The summed E-state index contributed by atoms with van der Waals surface area (Å²) in [6, 6.07) is 26.7.